The van der Waals surface area contributed by atoms with E-state index in [9.17, 15) is 8.42 Å². The monoisotopic (exact) mass is 272 g/mol. The van der Waals surface area contributed by atoms with E-state index in [1.807, 2.05) is 6.07 Å². The van der Waals surface area contributed by atoms with Crippen LogP contribution < -0.4 is 0 Å². The molecule has 0 unspecified atom stereocenters. The Bertz CT molecular complexity index is 545. The predicted octanol–water partition coefficient (Wildman–Crippen LogP) is 2.24. The summed E-state index contributed by atoms with van der Waals surface area (Å²) >= 11 is 5.82. The normalized spacial score (nSPS) is 11.5. The number of halogens is 1. The van der Waals surface area contributed by atoms with Crippen LogP contribution in [-0.2, 0) is 10.0 Å². The van der Waals surface area contributed by atoms with Crippen molar-refractivity contribution in [2.45, 2.75) is 18.7 Å². The van der Waals surface area contributed by atoms with Crippen LogP contribution in [0.5, 0.6) is 0 Å². The zero-order valence-electron chi connectivity index (χ0n) is 9.64. The summed E-state index contributed by atoms with van der Waals surface area (Å²) in [6, 6.07) is 6.26. The molecule has 92 valence electrons. The molecule has 17 heavy (non-hydrogen) atoms. The van der Waals surface area contributed by atoms with Crippen LogP contribution in [0, 0.1) is 11.3 Å². The molecule has 0 amide bonds. The van der Waals surface area contributed by atoms with Gasteiger partial charge in [0.25, 0.3) is 0 Å². The van der Waals surface area contributed by atoms with E-state index in [4.69, 9.17) is 16.9 Å². The predicted molar refractivity (Wildman–Crippen MR) is 66.3 cm³/mol. The summed E-state index contributed by atoms with van der Waals surface area (Å²) in [5.41, 5.74) is 0.000988. The molecule has 1 aromatic carbocycles. The third-order valence-corrected chi connectivity index (χ3v) is 4.82. The number of nitrogens with zero attached hydrogens (tertiary/aromatic N) is 2. The summed E-state index contributed by atoms with van der Waals surface area (Å²) in [4.78, 5) is -0.0313. The number of hydrogen-bond donors (Lipinski definition) is 0. The minimum Gasteiger partial charge on any atom is -0.207 e. The number of rotatable bonds is 4. The number of nitriles is 1. The van der Waals surface area contributed by atoms with Crippen LogP contribution in [0.15, 0.2) is 23.1 Å². The zero-order valence-corrected chi connectivity index (χ0v) is 11.2. The minimum atomic E-state index is -3.64. The summed E-state index contributed by atoms with van der Waals surface area (Å²) in [6.07, 6.45) is 0. The first-order chi connectivity index (χ1) is 7.98. The molecule has 0 fully saturated rings. The Balaban J connectivity index is 3.45. The van der Waals surface area contributed by atoms with Gasteiger partial charge in [-0.05, 0) is 12.1 Å². The molecule has 4 nitrogen and oxygen atoms in total. The smallest absolute Gasteiger partial charge is 0.207 e. The Labute approximate surface area is 106 Å². The molecule has 0 saturated carbocycles. The summed E-state index contributed by atoms with van der Waals surface area (Å²) in [6.45, 7) is 4.21. The molecule has 1 rings (SSSR count). The first-order valence-electron chi connectivity index (χ1n) is 5.17. The number of hydrogen-bond acceptors (Lipinski definition) is 3. The SMILES string of the molecule is CCN(CC)S(=O)(=O)c1cccc(Cl)c1C#N. The fraction of sp³-hybridized carbons (Fsp3) is 0.364. The molecule has 0 spiro atoms. The lowest BCUT2D eigenvalue weighted by Gasteiger charge is -2.19. The lowest BCUT2D eigenvalue weighted by Crippen LogP contribution is -2.31. The van der Waals surface area contributed by atoms with E-state index in [0.717, 1.165) is 0 Å². The standard InChI is InChI=1S/C11H13ClN2O2S/c1-3-14(4-2)17(15,16)11-7-5-6-10(12)9(11)8-13/h5-7H,3-4H2,1-2H3. The van der Waals surface area contributed by atoms with Crippen molar-refractivity contribution in [2.75, 3.05) is 13.1 Å². The Morgan fingerprint density at radius 2 is 1.94 bits per heavy atom. The van der Waals surface area contributed by atoms with E-state index in [-0.39, 0.29) is 15.5 Å². The fourth-order valence-electron chi connectivity index (χ4n) is 1.53. The summed E-state index contributed by atoms with van der Waals surface area (Å²) in [5.74, 6) is 0. The summed E-state index contributed by atoms with van der Waals surface area (Å²) in [7, 11) is -3.64. The van der Waals surface area contributed by atoms with Crippen LogP contribution in [0.25, 0.3) is 0 Å². The molecule has 0 aliphatic heterocycles. The van der Waals surface area contributed by atoms with E-state index in [2.05, 4.69) is 0 Å². The van der Waals surface area contributed by atoms with Gasteiger partial charge in [-0.15, -0.1) is 0 Å². The maximum atomic E-state index is 12.2. The molecule has 0 atom stereocenters. The van der Waals surface area contributed by atoms with Crippen molar-refractivity contribution >= 4 is 21.6 Å². The second-order valence-corrected chi connectivity index (χ2v) is 5.63. The topological polar surface area (TPSA) is 61.2 Å². The average molecular weight is 273 g/mol. The summed E-state index contributed by atoms with van der Waals surface area (Å²) < 4.78 is 25.8. The van der Waals surface area contributed by atoms with Crippen molar-refractivity contribution < 1.29 is 8.42 Å². The molecular formula is C11H13ClN2O2S. The summed E-state index contributed by atoms with van der Waals surface area (Å²) in [5, 5.41) is 9.13. The van der Waals surface area contributed by atoms with E-state index >= 15 is 0 Å². The molecule has 0 radical (unpaired) electrons. The highest BCUT2D eigenvalue weighted by Crippen LogP contribution is 2.25. The minimum absolute atomic E-state index is 0.000988. The van der Waals surface area contributed by atoms with Crippen LogP contribution in [0.1, 0.15) is 19.4 Å². The second kappa shape index (κ2) is 5.50. The third kappa shape index (κ3) is 2.60. The van der Waals surface area contributed by atoms with Crippen molar-refractivity contribution in [1.82, 2.24) is 4.31 Å². The quantitative estimate of drug-likeness (QED) is 0.844. The molecule has 0 aliphatic carbocycles. The highest BCUT2D eigenvalue weighted by molar-refractivity contribution is 7.89. The lowest BCUT2D eigenvalue weighted by atomic mass is 10.2. The maximum absolute atomic E-state index is 12.2. The largest absolute Gasteiger partial charge is 0.244 e. The van der Waals surface area contributed by atoms with Crippen molar-refractivity contribution in [3.8, 4) is 6.07 Å². The number of sulfonamides is 1. The lowest BCUT2D eigenvalue weighted by molar-refractivity contribution is 0.445. The van der Waals surface area contributed by atoms with Gasteiger partial charge >= 0.3 is 0 Å². The van der Waals surface area contributed by atoms with Gasteiger partial charge in [-0.25, -0.2) is 8.42 Å². The first kappa shape index (κ1) is 14.0. The van der Waals surface area contributed by atoms with E-state index < -0.39 is 10.0 Å². The molecule has 0 bridgehead atoms. The van der Waals surface area contributed by atoms with Crippen molar-refractivity contribution in [1.29, 1.82) is 5.26 Å². The van der Waals surface area contributed by atoms with Crippen LogP contribution >= 0.6 is 11.6 Å². The average Bonchev–Trinajstić information content (AvgIpc) is 2.29. The van der Waals surface area contributed by atoms with Gasteiger partial charge in [-0.3, -0.25) is 0 Å². The maximum Gasteiger partial charge on any atom is 0.244 e. The second-order valence-electron chi connectivity index (χ2n) is 3.31. The fourth-order valence-corrected chi connectivity index (χ4v) is 3.43. The van der Waals surface area contributed by atoms with Crippen LogP contribution in [-0.4, -0.2) is 25.8 Å². The first-order valence-corrected chi connectivity index (χ1v) is 6.99. The van der Waals surface area contributed by atoms with E-state index in [1.165, 1.54) is 22.5 Å². The van der Waals surface area contributed by atoms with Crippen LogP contribution in [0.2, 0.25) is 5.02 Å². The van der Waals surface area contributed by atoms with Gasteiger partial charge in [-0.2, -0.15) is 9.57 Å². The Morgan fingerprint density at radius 3 is 2.41 bits per heavy atom. The molecule has 0 saturated heterocycles. The Hall–Kier alpha value is -1.09. The zero-order chi connectivity index (χ0) is 13.1. The van der Waals surface area contributed by atoms with Gasteiger partial charge < -0.3 is 0 Å². The Kier molecular flexibility index (Phi) is 4.52. The highest BCUT2D eigenvalue weighted by atomic mass is 35.5. The third-order valence-electron chi connectivity index (χ3n) is 2.41. The van der Waals surface area contributed by atoms with Gasteiger partial charge in [-0.1, -0.05) is 31.5 Å². The van der Waals surface area contributed by atoms with Crippen LogP contribution in [0.4, 0.5) is 0 Å². The molecule has 0 N–H and O–H groups in total. The molecule has 6 heteroatoms. The van der Waals surface area contributed by atoms with Gasteiger partial charge in [0.1, 0.15) is 11.0 Å². The van der Waals surface area contributed by atoms with Gasteiger partial charge in [0.05, 0.1) is 10.6 Å². The van der Waals surface area contributed by atoms with Crippen molar-refractivity contribution in [3.63, 3.8) is 0 Å². The number of benzene rings is 1. The molecule has 1 aromatic rings. The van der Waals surface area contributed by atoms with Gasteiger partial charge in [0, 0.05) is 13.1 Å². The van der Waals surface area contributed by atoms with Gasteiger partial charge in [0.2, 0.25) is 10.0 Å². The van der Waals surface area contributed by atoms with Crippen LogP contribution in [0.3, 0.4) is 0 Å². The van der Waals surface area contributed by atoms with Gasteiger partial charge in [0.15, 0.2) is 0 Å². The van der Waals surface area contributed by atoms with Crippen molar-refractivity contribution in [3.05, 3.63) is 28.8 Å². The molecular weight excluding hydrogens is 260 g/mol. The van der Waals surface area contributed by atoms with E-state index in [1.54, 1.807) is 13.8 Å². The van der Waals surface area contributed by atoms with E-state index in [0.29, 0.717) is 13.1 Å². The Morgan fingerprint density at radius 1 is 1.35 bits per heavy atom. The molecule has 0 aliphatic rings. The van der Waals surface area contributed by atoms with Crippen molar-refractivity contribution in [2.24, 2.45) is 0 Å². The molecule has 0 heterocycles. The molecule has 0 aromatic heterocycles. The highest BCUT2D eigenvalue weighted by Gasteiger charge is 2.25.